The van der Waals surface area contributed by atoms with Gasteiger partial charge in [0.25, 0.3) is 0 Å². The van der Waals surface area contributed by atoms with E-state index >= 15 is 0 Å². The normalized spacial score (nSPS) is 11.1. The van der Waals surface area contributed by atoms with E-state index in [4.69, 9.17) is 5.73 Å². The predicted molar refractivity (Wildman–Crippen MR) is 79.5 cm³/mol. The summed E-state index contributed by atoms with van der Waals surface area (Å²) in [6.45, 7) is -2.53. The summed E-state index contributed by atoms with van der Waals surface area (Å²) in [6, 6.07) is 12.4. The molecule has 0 saturated carbocycles. The Morgan fingerprint density at radius 1 is 1.09 bits per heavy atom. The molecule has 2 N–H and O–H groups in total. The Morgan fingerprint density at radius 3 is 2.73 bits per heavy atom. The lowest BCUT2D eigenvalue weighted by atomic mass is 10.1. The average Bonchev–Trinajstić information content (AvgIpc) is 2.53. The Morgan fingerprint density at radius 2 is 1.95 bits per heavy atom. The molecule has 4 nitrogen and oxygen atoms in total. The maximum atomic E-state index is 12.3. The van der Waals surface area contributed by atoms with E-state index in [0.717, 1.165) is 22.0 Å². The van der Waals surface area contributed by atoms with Crippen LogP contribution in [0.4, 0.5) is 8.78 Å². The summed E-state index contributed by atoms with van der Waals surface area (Å²) in [7, 11) is 0. The van der Waals surface area contributed by atoms with Crippen LogP contribution in [-0.4, -0.2) is 16.6 Å². The number of hydrogen-bond acceptors (Lipinski definition) is 4. The largest absolute Gasteiger partial charge is 0.417 e. The molecule has 0 saturated heterocycles. The minimum atomic E-state index is -2.89. The third-order valence-electron chi connectivity index (χ3n) is 3.22. The number of nitrogens with two attached hydrogens (primary N) is 1. The highest BCUT2D eigenvalue weighted by Crippen LogP contribution is 2.25. The van der Waals surface area contributed by atoms with Gasteiger partial charge in [-0.2, -0.15) is 8.78 Å². The van der Waals surface area contributed by atoms with Gasteiger partial charge in [0.2, 0.25) is 5.88 Å². The molecule has 2 heterocycles. The summed E-state index contributed by atoms with van der Waals surface area (Å²) in [5.74, 6) is -0.107. The van der Waals surface area contributed by atoms with Crippen molar-refractivity contribution in [2.75, 3.05) is 0 Å². The van der Waals surface area contributed by atoms with E-state index in [1.807, 2.05) is 24.3 Å². The standard InChI is InChI=1S/C16H13F2N3O/c17-16(18)22-15-3-1-2-14(21-15)10-4-5-11-9-20-13(8-19)7-12(11)6-10/h1-7,9,16H,8,19H2. The van der Waals surface area contributed by atoms with E-state index in [2.05, 4.69) is 14.7 Å². The number of ether oxygens (including phenoxy) is 1. The minimum absolute atomic E-state index is 0.107. The molecule has 3 rings (SSSR count). The van der Waals surface area contributed by atoms with Crippen molar-refractivity contribution in [2.24, 2.45) is 5.73 Å². The summed E-state index contributed by atoms with van der Waals surface area (Å²) in [5.41, 5.74) is 7.75. The van der Waals surface area contributed by atoms with Crippen LogP contribution in [-0.2, 0) is 6.54 Å². The number of alkyl halides is 2. The molecular weight excluding hydrogens is 288 g/mol. The monoisotopic (exact) mass is 301 g/mol. The SMILES string of the molecule is NCc1cc2cc(-c3cccc(OC(F)F)n3)ccc2cn1. The molecule has 0 aliphatic rings. The van der Waals surface area contributed by atoms with E-state index in [9.17, 15) is 8.78 Å². The molecule has 0 atom stereocenters. The lowest BCUT2D eigenvalue weighted by Gasteiger charge is -2.07. The van der Waals surface area contributed by atoms with Gasteiger partial charge in [-0.3, -0.25) is 4.98 Å². The fraction of sp³-hybridized carbons (Fsp3) is 0.125. The van der Waals surface area contributed by atoms with E-state index in [1.54, 1.807) is 18.3 Å². The summed E-state index contributed by atoms with van der Waals surface area (Å²) in [4.78, 5) is 8.32. The van der Waals surface area contributed by atoms with Gasteiger partial charge in [-0.05, 0) is 23.6 Å². The number of nitrogens with zero attached hydrogens (tertiary/aromatic N) is 2. The Hall–Kier alpha value is -2.60. The molecule has 1 aromatic carbocycles. The highest BCUT2D eigenvalue weighted by molar-refractivity contribution is 5.86. The molecule has 0 aliphatic heterocycles. The molecule has 0 unspecified atom stereocenters. The Labute approximate surface area is 125 Å². The molecule has 0 bridgehead atoms. The third kappa shape index (κ3) is 3.01. The van der Waals surface area contributed by atoms with Gasteiger partial charge in [-0.25, -0.2) is 4.98 Å². The van der Waals surface area contributed by atoms with E-state index < -0.39 is 6.61 Å². The van der Waals surface area contributed by atoms with Gasteiger partial charge >= 0.3 is 6.61 Å². The fourth-order valence-electron chi connectivity index (χ4n) is 2.19. The first kappa shape index (κ1) is 14.3. The van der Waals surface area contributed by atoms with Gasteiger partial charge in [0, 0.05) is 29.8 Å². The number of halogens is 2. The number of hydrogen-bond donors (Lipinski definition) is 1. The number of aromatic nitrogens is 2. The maximum Gasteiger partial charge on any atom is 0.388 e. The van der Waals surface area contributed by atoms with Crippen molar-refractivity contribution < 1.29 is 13.5 Å². The van der Waals surface area contributed by atoms with E-state index in [1.165, 1.54) is 6.07 Å². The minimum Gasteiger partial charge on any atom is -0.417 e. The second-order valence-corrected chi connectivity index (χ2v) is 4.68. The maximum absolute atomic E-state index is 12.3. The molecule has 0 amide bonds. The molecule has 0 spiro atoms. The van der Waals surface area contributed by atoms with Crippen LogP contribution in [0, 0.1) is 0 Å². The summed E-state index contributed by atoms with van der Waals surface area (Å²) >= 11 is 0. The van der Waals surface area contributed by atoms with Crippen LogP contribution in [0.5, 0.6) is 5.88 Å². The zero-order valence-corrected chi connectivity index (χ0v) is 11.5. The second-order valence-electron chi connectivity index (χ2n) is 4.68. The van der Waals surface area contributed by atoms with E-state index in [-0.39, 0.29) is 5.88 Å². The Bertz CT molecular complexity index is 808. The van der Waals surface area contributed by atoms with Crippen molar-refractivity contribution in [2.45, 2.75) is 13.2 Å². The molecule has 112 valence electrons. The molecule has 6 heteroatoms. The first-order valence-corrected chi connectivity index (χ1v) is 6.67. The molecule has 0 fully saturated rings. The smallest absolute Gasteiger partial charge is 0.388 e. The number of rotatable bonds is 4. The van der Waals surface area contributed by atoms with Crippen molar-refractivity contribution in [3.8, 4) is 17.1 Å². The number of benzene rings is 1. The van der Waals surface area contributed by atoms with Crippen LogP contribution < -0.4 is 10.5 Å². The molecule has 0 aliphatic carbocycles. The van der Waals surface area contributed by atoms with Gasteiger partial charge in [0.1, 0.15) is 0 Å². The van der Waals surface area contributed by atoms with Crippen LogP contribution in [0.3, 0.4) is 0 Å². The summed E-state index contributed by atoms with van der Waals surface area (Å²) in [6.07, 6.45) is 1.76. The van der Waals surface area contributed by atoms with Crippen molar-refractivity contribution in [3.63, 3.8) is 0 Å². The van der Waals surface area contributed by atoms with Crippen molar-refractivity contribution in [1.29, 1.82) is 0 Å². The molecule has 22 heavy (non-hydrogen) atoms. The Kier molecular flexibility index (Phi) is 3.93. The molecular formula is C16H13F2N3O. The second kappa shape index (κ2) is 6.03. The third-order valence-corrected chi connectivity index (χ3v) is 3.22. The zero-order valence-electron chi connectivity index (χ0n) is 11.5. The van der Waals surface area contributed by atoms with Crippen molar-refractivity contribution in [3.05, 3.63) is 54.4 Å². The van der Waals surface area contributed by atoms with Gasteiger partial charge in [-0.15, -0.1) is 0 Å². The quantitative estimate of drug-likeness (QED) is 0.802. The fourth-order valence-corrected chi connectivity index (χ4v) is 2.19. The zero-order chi connectivity index (χ0) is 15.5. The summed E-state index contributed by atoms with van der Waals surface area (Å²) < 4.78 is 28.9. The first-order chi connectivity index (χ1) is 10.7. The van der Waals surface area contributed by atoms with Gasteiger partial charge in [-0.1, -0.05) is 18.2 Å². The topological polar surface area (TPSA) is 61.0 Å². The van der Waals surface area contributed by atoms with Gasteiger partial charge < -0.3 is 10.5 Å². The lowest BCUT2D eigenvalue weighted by molar-refractivity contribution is -0.0527. The Balaban J connectivity index is 2.02. The van der Waals surface area contributed by atoms with Crippen LogP contribution in [0.15, 0.2) is 48.7 Å². The van der Waals surface area contributed by atoms with Crippen LogP contribution in [0.1, 0.15) is 5.69 Å². The van der Waals surface area contributed by atoms with Crippen molar-refractivity contribution >= 4 is 10.8 Å². The highest BCUT2D eigenvalue weighted by atomic mass is 19.3. The van der Waals surface area contributed by atoms with Crippen LogP contribution >= 0.6 is 0 Å². The van der Waals surface area contributed by atoms with Crippen molar-refractivity contribution in [1.82, 2.24) is 9.97 Å². The molecule has 2 aromatic heterocycles. The number of pyridine rings is 2. The van der Waals surface area contributed by atoms with Gasteiger partial charge in [0.15, 0.2) is 0 Å². The predicted octanol–water partition coefficient (Wildman–Crippen LogP) is 3.36. The first-order valence-electron chi connectivity index (χ1n) is 6.67. The summed E-state index contributed by atoms with van der Waals surface area (Å²) in [5, 5.41) is 1.94. The van der Waals surface area contributed by atoms with Gasteiger partial charge in [0.05, 0.1) is 11.4 Å². The van der Waals surface area contributed by atoms with Crippen LogP contribution in [0.2, 0.25) is 0 Å². The molecule has 3 aromatic rings. The molecule has 0 radical (unpaired) electrons. The lowest BCUT2D eigenvalue weighted by Crippen LogP contribution is -2.03. The van der Waals surface area contributed by atoms with Crippen LogP contribution in [0.25, 0.3) is 22.0 Å². The average molecular weight is 301 g/mol. The van der Waals surface area contributed by atoms with E-state index in [0.29, 0.717) is 12.2 Å². The highest BCUT2D eigenvalue weighted by Gasteiger charge is 2.08. The number of fused-ring (bicyclic) bond motifs is 1.